The van der Waals surface area contributed by atoms with E-state index >= 15 is 0 Å². The van der Waals surface area contributed by atoms with Gasteiger partial charge in [-0.3, -0.25) is 4.79 Å². The van der Waals surface area contributed by atoms with Gasteiger partial charge in [0.15, 0.2) is 0 Å². The number of alkyl halides is 3. The third-order valence-corrected chi connectivity index (χ3v) is 7.83. The molecule has 0 spiro atoms. The molecule has 0 saturated heterocycles. The van der Waals surface area contributed by atoms with Crippen molar-refractivity contribution < 1.29 is 27.8 Å². The summed E-state index contributed by atoms with van der Waals surface area (Å²) in [6.07, 6.45) is -2.21. The molecule has 0 fully saturated rings. The normalized spacial score (nSPS) is 16.1. The Kier molecular flexibility index (Phi) is 6.99. The van der Waals surface area contributed by atoms with Gasteiger partial charge in [-0.05, 0) is 62.1 Å². The van der Waals surface area contributed by atoms with Crippen molar-refractivity contribution in [2.24, 2.45) is 0 Å². The molecule has 174 valence electrons. The van der Waals surface area contributed by atoms with Crippen molar-refractivity contribution in [2.75, 3.05) is 0 Å². The number of carbonyl (C=O) groups is 1. The van der Waals surface area contributed by atoms with Gasteiger partial charge in [0.2, 0.25) is 0 Å². The van der Waals surface area contributed by atoms with Crippen molar-refractivity contribution >= 4 is 29.1 Å². The second-order valence-electron chi connectivity index (χ2n) is 7.89. The van der Waals surface area contributed by atoms with Crippen molar-refractivity contribution in [3.8, 4) is 16.3 Å². The summed E-state index contributed by atoms with van der Waals surface area (Å²) in [6.45, 7) is 1.91. The molecule has 0 radical (unpaired) electrons. The van der Waals surface area contributed by atoms with Crippen LogP contribution < -0.4 is 4.74 Å². The lowest BCUT2D eigenvalue weighted by atomic mass is 10.1. The van der Waals surface area contributed by atoms with Crippen molar-refractivity contribution in [1.29, 1.82) is 0 Å². The summed E-state index contributed by atoms with van der Waals surface area (Å²) in [7, 11) is 0. The molecule has 2 aromatic carbocycles. The number of thioether (sulfide) groups is 1. The third kappa shape index (κ3) is 5.89. The van der Waals surface area contributed by atoms with Crippen LogP contribution >= 0.6 is 23.1 Å². The summed E-state index contributed by atoms with van der Waals surface area (Å²) in [5.41, 5.74) is 1.96. The van der Waals surface area contributed by atoms with Gasteiger partial charge in [-0.15, -0.1) is 23.1 Å². The van der Waals surface area contributed by atoms with Gasteiger partial charge in [0.1, 0.15) is 16.9 Å². The number of carboxylic acids is 1. The van der Waals surface area contributed by atoms with E-state index in [2.05, 4.69) is 11.1 Å². The van der Waals surface area contributed by atoms with Gasteiger partial charge >= 0.3 is 12.1 Å². The van der Waals surface area contributed by atoms with E-state index in [0.717, 1.165) is 58.2 Å². The number of rotatable bonds is 6. The first kappa shape index (κ1) is 23.6. The Morgan fingerprint density at radius 3 is 2.70 bits per heavy atom. The number of halogens is 3. The van der Waals surface area contributed by atoms with Crippen LogP contribution in [0.2, 0.25) is 0 Å². The van der Waals surface area contributed by atoms with Crippen molar-refractivity contribution in [3.63, 3.8) is 0 Å². The lowest BCUT2D eigenvalue weighted by Gasteiger charge is -2.15. The van der Waals surface area contributed by atoms with E-state index in [0.29, 0.717) is 16.3 Å². The van der Waals surface area contributed by atoms with Crippen LogP contribution in [0.5, 0.6) is 5.75 Å². The number of hydrogen-bond acceptors (Lipinski definition) is 5. The Hall–Kier alpha value is -2.52. The molecule has 0 saturated carbocycles. The maximum absolute atomic E-state index is 12.8. The highest BCUT2D eigenvalue weighted by atomic mass is 32.2. The third-order valence-electron chi connectivity index (χ3n) is 5.42. The Labute approximate surface area is 197 Å². The highest BCUT2D eigenvalue weighted by molar-refractivity contribution is 7.98. The first-order valence-electron chi connectivity index (χ1n) is 10.5. The average Bonchev–Trinajstić information content (AvgIpc) is 3.01. The fourth-order valence-corrected chi connectivity index (χ4v) is 5.86. The Balaban J connectivity index is 1.43. The van der Waals surface area contributed by atoms with Gasteiger partial charge in [-0.25, -0.2) is 4.98 Å². The van der Waals surface area contributed by atoms with Gasteiger partial charge in [-0.2, -0.15) is 13.2 Å². The molecule has 1 aromatic heterocycles. The lowest BCUT2D eigenvalue weighted by molar-refractivity contribution is -0.139. The van der Waals surface area contributed by atoms with Crippen molar-refractivity contribution in [1.82, 2.24) is 4.98 Å². The number of aryl methyl sites for hydroxylation is 2. The molecule has 4 nitrogen and oxygen atoms in total. The number of benzene rings is 2. The second-order valence-corrected chi connectivity index (χ2v) is 10.0. The SMILES string of the molecule is Cc1nc(-c2ccc(C(F)(F)F)cc2)sc1CSc1ccc2c(c1)CCC[C@H](CC(=O)O)O2. The molecular formula is C24H22F3NO3S2. The van der Waals surface area contributed by atoms with E-state index in [1.54, 1.807) is 11.8 Å². The summed E-state index contributed by atoms with van der Waals surface area (Å²) in [6, 6.07) is 11.1. The zero-order valence-electron chi connectivity index (χ0n) is 17.8. The number of thiazole rings is 1. The summed E-state index contributed by atoms with van der Waals surface area (Å²) < 4.78 is 44.3. The molecule has 4 rings (SSSR count). The van der Waals surface area contributed by atoms with Crippen LogP contribution in [0.1, 0.15) is 41.0 Å². The molecule has 33 heavy (non-hydrogen) atoms. The summed E-state index contributed by atoms with van der Waals surface area (Å²) >= 11 is 3.15. The van der Waals surface area contributed by atoms with E-state index in [1.807, 2.05) is 19.1 Å². The van der Waals surface area contributed by atoms with E-state index in [9.17, 15) is 18.0 Å². The van der Waals surface area contributed by atoms with E-state index in [1.165, 1.54) is 23.5 Å². The Morgan fingerprint density at radius 1 is 1.24 bits per heavy atom. The number of aromatic nitrogens is 1. The standard InChI is InChI=1S/C24H22F3NO3S2/c1-14-21(33-23(28-14)15-5-7-17(8-6-15)24(25,26)27)13-32-19-9-10-20-16(11-19)3-2-4-18(31-20)12-22(29)30/h5-11,18H,2-4,12-13H2,1H3,(H,29,30)/t18-/m1/s1. The molecule has 0 unspecified atom stereocenters. The summed E-state index contributed by atoms with van der Waals surface area (Å²) in [5, 5.41) is 9.74. The van der Waals surface area contributed by atoms with E-state index in [-0.39, 0.29) is 12.5 Å². The van der Waals surface area contributed by atoms with Crippen molar-refractivity contribution in [3.05, 3.63) is 64.2 Å². The number of carboxylic acid groups (broad SMARTS) is 1. The fraction of sp³-hybridized carbons (Fsp3) is 0.333. The minimum atomic E-state index is -4.35. The Bertz CT molecular complexity index is 1140. The van der Waals surface area contributed by atoms with Crippen LogP contribution in [-0.2, 0) is 23.1 Å². The van der Waals surface area contributed by atoms with Crippen LogP contribution in [0.3, 0.4) is 0 Å². The maximum atomic E-state index is 12.8. The fourth-order valence-electron chi connectivity index (χ4n) is 3.69. The predicted octanol–water partition coefficient (Wildman–Crippen LogP) is 6.99. The van der Waals surface area contributed by atoms with Crippen LogP contribution in [-0.4, -0.2) is 22.2 Å². The van der Waals surface area contributed by atoms with Crippen molar-refractivity contribution in [2.45, 2.75) is 55.5 Å². The molecule has 1 atom stereocenters. The van der Waals surface area contributed by atoms with Gasteiger partial charge in [-0.1, -0.05) is 12.1 Å². The zero-order valence-corrected chi connectivity index (χ0v) is 19.4. The zero-order chi connectivity index (χ0) is 23.6. The number of aliphatic carboxylic acids is 1. The average molecular weight is 494 g/mol. The Morgan fingerprint density at radius 2 is 2.00 bits per heavy atom. The largest absolute Gasteiger partial charge is 0.490 e. The number of hydrogen-bond donors (Lipinski definition) is 1. The summed E-state index contributed by atoms with van der Waals surface area (Å²) in [4.78, 5) is 17.7. The van der Waals surface area contributed by atoms with Gasteiger partial charge in [0.05, 0.1) is 17.7 Å². The number of nitrogens with zero attached hydrogens (tertiary/aromatic N) is 1. The highest BCUT2D eigenvalue weighted by Gasteiger charge is 2.30. The molecule has 0 bridgehead atoms. The molecule has 1 aliphatic rings. The van der Waals surface area contributed by atoms with Gasteiger partial charge in [0.25, 0.3) is 0 Å². The number of ether oxygens (including phenoxy) is 1. The predicted molar refractivity (Wildman–Crippen MR) is 123 cm³/mol. The molecule has 1 N–H and O–H groups in total. The molecular weight excluding hydrogens is 471 g/mol. The summed E-state index contributed by atoms with van der Waals surface area (Å²) in [5.74, 6) is 0.596. The quantitative estimate of drug-likeness (QED) is 0.375. The molecule has 1 aliphatic heterocycles. The maximum Gasteiger partial charge on any atom is 0.416 e. The van der Waals surface area contributed by atoms with Crippen LogP contribution in [0.25, 0.3) is 10.6 Å². The molecule has 2 heterocycles. The first-order valence-corrected chi connectivity index (χ1v) is 12.3. The lowest BCUT2D eigenvalue weighted by Crippen LogP contribution is -2.19. The number of fused-ring (bicyclic) bond motifs is 1. The minimum Gasteiger partial charge on any atom is -0.490 e. The van der Waals surface area contributed by atoms with Gasteiger partial charge in [0, 0.05) is 21.1 Å². The smallest absolute Gasteiger partial charge is 0.416 e. The monoisotopic (exact) mass is 493 g/mol. The van der Waals surface area contributed by atoms with Crippen LogP contribution in [0.15, 0.2) is 47.4 Å². The minimum absolute atomic E-state index is 0.00185. The van der Waals surface area contributed by atoms with Crippen LogP contribution in [0.4, 0.5) is 13.2 Å². The topological polar surface area (TPSA) is 59.4 Å². The molecule has 0 aliphatic carbocycles. The van der Waals surface area contributed by atoms with E-state index < -0.39 is 17.7 Å². The first-order chi connectivity index (χ1) is 15.7. The molecule has 9 heteroatoms. The van der Waals surface area contributed by atoms with E-state index in [4.69, 9.17) is 9.84 Å². The highest BCUT2D eigenvalue weighted by Crippen LogP contribution is 2.37. The van der Waals surface area contributed by atoms with Gasteiger partial charge < -0.3 is 9.84 Å². The molecule has 3 aromatic rings. The second kappa shape index (κ2) is 9.77. The van der Waals surface area contributed by atoms with Crippen LogP contribution in [0, 0.1) is 6.92 Å². The molecule has 0 amide bonds.